The highest BCUT2D eigenvalue weighted by Crippen LogP contribution is 2.27. The van der Waals surface area contributed by atoms with E-state index in [1.54, 1.807) is 60.7 Å². The van der Waals surface area contributed by atoms with Gasteiger partial charge in [-0.05, 0) is 36.4 Å². The van der Waals surface area contributed by atoms with Crippen LogP contribution in [0, 0.1) is 0 Å². The van der Waals surface area contributed by atoms with E-state index in [9.17, 15) is 15.0 Å². The van der Waals surface area contributed by atoms with Crippen LogP contribution in [0.5, 0.6) is 11.5 Å². The Morgan fingerprint density at radius 2 is 1.43 bits per heavy atom. The Bertz CT molecular complexity index is 827. The molecule has 0 heterocycles. The molecular formula is C19H15NO3. The number of hydrogen-bond acceptors (Lipinski definition) is 4. The van der Waals surface area contributed by atoms with Crippen molar-refractivity contribution in [1.29, 1.82) is 0 Å². The highest BCUT2D eigenvalue weighted by Gasteiger charge is 2.13. The van der Waals surface area contributed by atoms with Gasteiger partial charge in [0.05, 0.1) is 5.56 Å². The van der Waals surface area contributed by atoms with Crippen molar-refractivity contribution in [2.45, 2.75) is 0 Å². The Morgan fingerprint density at radius 3 is 2.09 bits per heavy atom. The molecule has 23 heavy (non-hydrogen) atoms. The number of phenols is 2. The quantitative estimate of drug-likeness (QED) is 0.502. The largest absolute Gasteiger partial charge is 0.508 e. The average molecular weight is 305 g/mol. The molecule has 0 aliphatic carbocycles. The summed E-state index contributed by atoms with van der Waals surface area (Å²) in [7, 11) is 0. The summed E-state index contributed by atoms with van der Waals surface area (Å²) in [5, 5.41) is 22.5. The SMILES string of the molecule is O=C(c1ccccc1)c1ccc(Nc2ccc(O)cc2)cc1O. The summed E-state index contributed by atoms with van der Waals surface area (Å²) in [6, 6.07) is 20.2. The van der Waals surface area contributed by atoms with Gasteiger partial charge in [0.1, 0.15) is 11.5 Å². The van der Waals surface area contributed by atoms with Crippen molar-refractivity contribution >= 4 is 17.2 Å². The number of carbonyl (C=O) groups is 1. The molecule has 0 fully saturated rings. The van der Waals surface area contributed by atoms with Crippen molar-refractivity contribution in [2.75, 3.05) is 5.32 Å². The van der Waals surface area contributed by atoms with E-state index in [-0.39, 0.29) is 22.8 Å². The van der Waals surface area contributed by atoms with Crippen LogP contribution < -0.4 is 5.32 Å². The third-order valence-electron chi connectivity index (χ3n) is 3.43. The molecule has 0 aromatic heterocycles. The van der Waals surface area contributed by atoms with Crippen LogP contribution >= 0.6 is 0 Å². The zero-order chi connectivity index (χ0) is 16.2. The summed E-state index contributed by atoms with van der Waals surface area (Å²) in [5.74, 6) is -0.121. The minimum absolute atomic E-state index is 0.0809. The fraction of sp³-hybridized carbons (Fsp3) is 0. The van der Waals surface area contributed by atoms with E-state index in [0.29, 0.717) is 11.3 Å². The fourth-order valence-electron chi connectivity index (χ4n) is 2.26. The predicted octanol–water partition coefficient (Wildman–Crippen LogP) is 4.07. The molecule has 0 saturated carbocycles. The maximum atomic E-state index is 12.4. The highest BCUT2D eigenvalue weighted by molar-refractivity contribution is 6.10. The van der Waals surface area contributed by atoms with Gasteiger partial charge in [-0.3, -0.25) is 4.79 Å². The molecule has 0 radical (unpaired) electrons. The van der Waals surface area contributed by atoms with E-state index in [0.717, 1.165) is 5.69 Å². The molecule has 0 aliphatic rings. The number of phenolic OH excluding ortho intramolecular Hbond substituents is 2. The lowest BCUT2D eigenvalue weighted by Gasteiger charge is -2.09. The number of anilines is 2. The van der Waals surface area contributed by atoms with Crippen molar-refractivity contribution in [2.24, 2.45) is 0 Å². The summed E-state index contributed by atoms with van der Waals surface area (Å²) in [6.45, 7) is 0. The third kappa shape index (κ3) is 3.32. The van der Waals surface area contributed by atoms with Crippen LogP contribution in [-0.2, 0) is 0 Å². The Morgan fingerprint density at radius 1 is 0.783 bits per heavy atom. The van der Waals surface area contributed by atoms with Crippen molar-refractivity contribution in [3.8, 4) is 11.5 Å². The van der Waals surface area contributed by atoms with Crippen LogP contribution in [-0.4, -0.2) is 16.0 Å². The molecule has 4 nitrogen and oxygen atoms in total. The van der Waals surface area contributed by atoms with Crippen LogP contribution in [0.15, 0.2) is 72.8 Å². The lowest BCUT2D eigenvalue weighted by Crippen LogP contribution is -2.02. The maximum Gasteiger partial charge on any atom is 0.196 e. The summed E-state index contributed by atoms with van der Waals surface area (Å²) >= 11 is 0. The molecule has 114 valence electrons. The van der Waals surface area contributed by atoms with Crippen molar-refractivity contribution in [3.05, 3.63) is 83.9 Å². The van der Waals surface area contributed by atoms with Crippen LogP contribution in [0.3, 0.4) is 0 Å². The molecular weight excluding hydrogens is 290 g/mol. The van der Waals surface area contributed by atoms with E-state index < -0.39 is 0 Å². The molecule has 3 N–H and O–H groups in total. The summed E-state index contributed by atoms with van der Waals surface area (Å²) < 4.78 is 0. The minimum Gasteiger partial charge on any atom is -0.508 e. The summed E-state index contributed by atoms with van der Waals surface area (Å²) in [5.41, 5.74) is 2.21. The first-order valence-electron chi connectivity index (χ1n) is 7.12. The van der Waals surface area contributed by atoms with Gasteiger partial charge in [-0.15, -0.1) is 0 Å². The summed E-state index contributed by atoms with van der Waals surface area (Å²) in [4.78, 5) is 12.4. The van der Waals surface area contributed by atoms with Crippen molar-refractivity contribution in [1.82, 2.24) is 0 Å². The molecule has 0 unspecified atom stereocenters. The summed E-state index contributed by atoms with van der Waals surface area (Å²) in [6.07, 6.45) is 0. The van der Waals surface area contributed by atoms with Gasteiger partial charge in [-0.1, -0.05) is 30.3 Å². The standard InChI is InChI=1S/C19H15NO3/c21-16-9-6-14(7-10-16)20-15-8-11-17(18(22)12-15)19(23)13-4-2-1-3-5-13/h1-12,20-22H. The van der Waals surface area contributed by atoms with Gasteiger partial charge >= 0.3 is 0 Å². The van der Waals surface area contributed by atoms with Gasteiger partial charge in [0.25, 0.3) is 0 Å². The Hall–Kier alpha value is -3.27. The Balaban J connectivity index is 1.83. The van der Waals surface area contributed by atoms with Crippen LogP contribution in [0.4, 0.5) is 11.4 Å². The van der Waals surface area contributed by atoms with Crippen molar-refractivity contribution in [3.63, 3.8) is 0 Å². The second-order valence-electron chi connectivity index (χ2n) is 5.10. The first kappa shape index (κ1) is 14.7. The second-order valence-corrected chi connectivity index (χ2v) is 5.10. The molecule has 0 atom stereocenters. The lowest BCUT2D eigenvalue weighted by molar-refractivity contribution is 0.103. The smallest absolute Gasteiger partial charge is 0.196 e. The van der Waals surface area contributed by atoms with Crippen molar-refractivity contribution < 1.29 is 15.0 Å². The van der Waals surface area contributed by atoms with Crippen LogP contribution in [0.2, 0.25) is 0 Å². The number of nitrogens with one attached hydrogen (secondary N) is 1. The van der Waals surface area contributed by atoms with E-state index in [1.165, 1.54) is 6.07 Å². The van der Waals surface area contributed by atoms with Crippen LogP contribution in [0.25, 0.3) is 0 Å². The van der Waals surface area contributed by atoms with E-state index in [4.69, 9.17) is 0 Å². The minimum atomic E-state index is -0.223. The zero-order valence-corrected chi connectivity index (χ0v) is 12.2. The number of aromatic hydroxyl groups is 2. The highest BCUT2D eigenvalue weighted by atomic mass is 16.3. The topological polar surface area (TPSA) is 69.6 Å². The molecule has 4 heteroatoms. The second kappa shape index (κ2) is 6.23. The molecule has 0 aliphatic heterocycles. The molecule has 0 amide bonds. The number of carbonyl (C=O) groups excluding carboxylic acids is 1. The normalized spacial score (nSPS) is 10.3. The first-order valence-corrected chi connectivity index (χ1v) is 7.12. The molecule has 0 saturated heterocycles. The van der Waals surface area contributed by atoms with Gasteiger partial charge in [0.2, 0.25) is 0 Å². The fourth-order valence-corrected chi connectivity index (χ4v) is 2.26. The van der Waals surface area contributed by atoms with Gasteiger partial charge < -0.3 is 15.5 Å². The predicted molar refractivity (Wildman–Crippen MR) is 89.4 cm³/mol. The zero-order valence-electron chi connectivity index (χ0n) is 12.2. The Labute approximate surface area is 133 Å². The van der Waals surface area contributed by atoms with Gasteiger partial charge in [0.15, 0.2) is 5.78 Å². The van der Waals surface area contributed by atoms with Gasteiger partial charge in [0, 0.05) is 23.0 Å². The Kier molecular flexibility index (Phi) is 3.97. The van der Waals surface area contributed by atoms with Gasteiger partial charge in [-0.2, -0.15) is 0 Å². The molecule has 3 aromatic rings. The van der Waals surface area contributed by atoms with E-state index in [2.05, 4.69) is 5.32 Å². The molecule has 0 bridgehead atoms. The van der Waals surface area contributed by atoms with Crippen LogP contribution in [0.1, 0.15) is 15.9 Å². The molecule has 0 spiro atoms. The van der Waals surface area contributed by atoms with E-state index >= 15 is 0 Å². The average Bonchev–Trinajstić information content (AvgIpc) is 2.57. The maximum absolute atomic E-state index is 12.4. The van der Waals surface area contributed by atoms with E-state index in [1.807, 2.05) is 6.07 Å². The number of rotatable bonds is 4. The third-order valence-corrected chi connectivity index (χ3v) is 3.43. The monoisotopic (exact) mass is 305 g/mol. The lowest BCUT2D eigenvalue weighted by atomic mass is 10.0. The van der Waals surface area contributed by atoms with Gasteiger partial charge in [-0.25, -0.2) is 0 Å². The molecule has 3 rings (SSSR count). The molecule has 3 aromatic carbocycles. The number of benzene rings is 3. The number of hydrogen-bond donors (Lipinski definition) is 3. The first-order chi connectivity index (χ1) is 11.1. The number of ketones is 1.